The van der Waals surface area contributed by atoms with Gasteiger partial charge in [-0.25, -0.2) is 15.0 Å². The van der Waals surface area contributed by atoms with E-state index in [-0.39, 0.29) is 17.9 Å². The Balaban J connectivity index is 1.68. The number of halogens is 1. The van der Waals surface area contributed by atoms with E-state index in [0.29, 0.717) is 34.9 Å². The van der Waals surface area contributed by atoms with Crippen molar-refractivity contribution in [2.75, 3.05) is 27.4 Å². The lowest BCUT2D eigenvalue weighted by Gasteiger charge is -2.28. The molecule has 196 valence electrons. The number of nitrogens with zero attached hydrogens (tertiary/aromatic N) is 1. The van der Waals surface area contributed by atoms with Crippen molar-refractivity contribution >= 4 is 40.1 Å². The summed E-state index contributed by atoms with van der Waals surface area (Å²) in [4.78, 5) is 36.6. The average molecular weight is 575 g/mol. The van der Waals surface area contributed by atoms with Gasteiger partial charge in [-0.05, 0) is 49.7 Å². The zero-order valence-corrected chi connectivity index (χ0v) is 22.3. The summed E-state index contributed by atoms with van der Waals surface area (Å²) in [5.74, 6) is 0.154. The summed E-state index contributed by atoms with van der Waals surface area (Å²) >= 11 is 3.40. The molecule has 0 aromatic heterocycles. The molecule has 0 saturated heterocycles. The van der Waals surface area contributed by atoms with Crippen LogP contribution in [0.15, 0.2) is 57.2 Å². The van der Waals surface area contributed by atoms with Crippen LogP contribution in [0, 0.1) is 0 Å². The number of allylic oxidation sites excluding steroid dienone is 1. The Bertz CT molecular complexity index is 1250. The molecule has 1 aliphatic rings. The first-order valence-corrected chi connectivity index (χ1v) is 12.0. The third-order valence-electron chi connectivity index (χ3n) is 5.22. The zero-order chi connectivity index (χ0) is 26.9. The fourth-order valence-electron chi connectivity index (χ4n) is 3.56. The highest BCUT2D eigenvalue weighted by Crippen LogP contribution is 2.34. The molecule has 2 aromatic rings. The second-order valence-corrected chi connectivity index (χ2v) is 8.58. The zero-order valence-electron chi connectivity index (χ0n) is 20.7. The van der Waals surface area contributed by atoms with Crippen LogP contribution in [0.25, 0.3) is 0 Å². The highest BCUT2D eigenvalue weighted by atomic mass is 79.9. The Morgan fingerprint density at radius 2 is 1.86 bits per heavy atom. The smallest absolute Gasteiger partial charge is 0.337 e. The van der Waals surface area contributed by atoms with Crippen molar-refractivity contribution in [2.24, 2.45) is 5.10 Å². The van der Waals surface area contributed by atoms with Gasteiger partial charge in [0.05, 0.1) is 38.7 Å². The van der Waals surface area contributed by atoms with Crippen LogP contribution in [-0.4, -0.2) is 51.6 Å². The minimum atomic E-state index is -0.763. The SMILES string of the molecule is CCOc1ccc(Br)cc1/C=N\NC(=O)COc1ccc([C@H]2NC(=O)NC(C)=C2C(=O)OC)cc1OC. The first kappa shape index (κ1) is 27.5. The Kier molecular flexibility index (Phi) is 9.50. The molecular weight excluding hydrogens is 548 g/mol. The fraction of sp³-hybridized carbons (Fsp3) is 0.280. The number of amides is 3. The Labute approximate surface area is 222 Å². The standard InChI is InChI=1S/C25H27BrN4O7/c1-5-36-18-9-7-17(26)10-16(18)12-27-30-21(31)13-37-19-8-6-15(11-20(19)34-3)23-22(24(32)35-4)14(2)28-25(33)29-23/h6-12,23H,5,13H2,1-4H3,(H,30,31)(H2,28,29,33)/b27-12-/t23-/m1/s1. The molecule has 1 atom stereocenters. The van der Waals surface area contributed by atoms with Crippen molar-refractivity contribution in [3.05, 3.63) is 63.3 Å². The molecule has 0 saturated carbocycles. The Morgan fingerprint density at radius 3 is 2.57 bits per heavy atom. The van der Waals surface area contributed by atoms with Crippen LogP contribution in [0.5, 0.6) is 17.2 Å². The molecule has 1 aliphatic heterocycles. The van der Waals surface area contributed by atoms with E-state index in [1.54, 1.807) is 31.2 Å². The van der Waals surface area contributed by atoms with Gasteiger partial charge in [0.25, 0.3) is 5.91 Å². The van der Waals surface area contributed by atoms with Crippen LogP contribution in [-0.2, 0) is 14.3 Å². The van der Waals surface area contributed by atoms with E-state index in [1.807, 2.05) is 19.1 Å². The second kappa shape index (κ2) is 12.8. The van der Waals surface area contributed by atoms with E-state index >= 15 is 0 Å². The maximum atomic E-state index is 12.3. The minimum absolute atomic E-state index is 0.257. The minimum Gasteiger partial charge on any atom is -0.493 e. The van der Waals surface area contributed by atoms with Gasteiger partial charge >= 0.3 is 12.0 Å². The molecular formula is C25H27BrN4O7. The maximum Gasteiger partial charge on any atom is 0.337 e. The molecule has 1 heterocycles. The molecule has 0 bridgehead atoms. The van der Waals surface area contributed by atoms with Crippen LogP contribution in [0.2, 0.25) is 0 Å². The van der Waals surface area contributed by atoms with E-state index in [1.165, 1.54) is 20.4 Å². The number of ether oxygens (including phenoxy) is 4. The van der Waals surface area contributed by atoms with E-state index < -0.39 is 23.9 Å². The number of hydrogen-bond acceptors (Lipinski definition) is 8. The van der Waals surface area contributed by atoms with Crippen molar-refractivity contribution in [2.45, 2.75) is 19.9 Å². The lowest BCUT2D eigenvalue weighted by molar-refractivity contribution is -0.136. The quantitative estimate of drug-likeness (QED) is 0.225. The molecule has 3 N–H and O–H groups in total. The van der Waals surface area contributed by atoms with Crippen LogP contribution < -0.4 is 30.3 Å². The number of urea groups is 1. The van der Waals surface area contributed by atoms with Gasteiger partial charge in [-0.15, -0.1) is 0 Å². The van der Waals surface area contributed by atoms with E-state index in [2.05, 4.69) is 37.1 Å². The van der Waals surface area contributed by atoms with E-state index in [9.17, 15) is 14.4 Å². The summed E-state index contributed by atoms with van der Waals surface area (Å²) in [6.07, 6.45) is 1.48. The third kappa shape index (κ3) is 7.00. The number of nitrogens with one attached hydrogen (secondary N) is 3. The monoisotopic (exact) mass is 574 g/mol. The topological polar surface area (TPSA) is 137 Å². The lowest BCUT2D eigenvalue weighted by Crippen LogP contribution is -2.45. The van der Waals surface area contributed by atoms with Gasteiger partial charge in [-0.1, -0.05) is 22.0 Å². The summed E-state index contributed by atoms with van der Waals surface area (Å²) in [5.41, 5.74) is 4.30. The van der Waals surface area contributed by atoms with Gasteiger partial charge in [0, 0.05) is 15.7 Å². The number of hydrogen-bond donors (Lipinski definition) is 3. The molecule has 0 aliphatic carbocycles. The van der Waals surface area contributed by atoms with Crippen molar-refractivity contribution in [3.63, 3.8) is 0 Å². The van der Waals surface area contributed by atoms with Gasteiger partial charge in [-0.3, -0.25) is 4.79 Å². The number of carbonyl (C=O) groups is 3. The summed E-state index contributed by atoms with van der Waals surface area (Å²) in [5, 5.41) is 9.24. The first-order valence-electron chi connectivity index (χ1n) is 11.2. The molecule has 0 fully saturated rings. The number of rotatable bonds is 10. The van der Waals surface area contributed by atoms with Gasteiger partial charge in [-0.2, -0.15) is 5.10 Å². The van der Waals surface area contributed by atoms with Crippen LogP contribution in [0.4, 0.5) is 4.79 Å². The number of esters is 1. The van der Waals surface area contributed by atoms with Gasteiger partial charge in [0.2, 0.25) is 0 Å². The van der Waals surface area contributed by atoms with Gasteiger partial charge < -0.3 is 29.6 Å². The lowest BCUT2D eigenvalue weighted by atomic mass is 9.95. The number of methoxy groups -OCH3 is 2. The number of hydrazone groups is 1. The van der Waals surface area contributed by atoms with Crippen molar-refractivity contribution in [3.8, 4) is 17.2 Å². The summed E-state index contributed by atoms with van der Waals surface area (Å²) in [6, 6.07) is 9.10. The molecule has 0 unspecified atom stereocenters. The van der Waals surface area contributed by atoms with Gasteiger partial charge in [0.15, 0.2) is 18.1 Å². The highest BCUT2D eigenvalue weighted by Gasteiger charge is 2.32. The van der Waals surface area contributed by atoms with Gasteiger partial charge in [0.1, 0.15) is 5.75 Å². The largest absolute Gasteiger partial charge is 0.493 e. The number of carbonyl (C=O) groups excluding carboxylic acids is 3. The molecule has 3 rings (SSSR count). The van der Waals surface area contributed by atoms with Crippen LogP contribution in [0.1, 0.15) is 31.0 Å². The molecule has 3 amide bonds. The number of benzene rings is 2. The molecule has 0 radical (unpaired) electrons. The predicted molar refractivity (Wildman–Crippen MR) is 139 cm³/mol. The second-order valence-electron chi connectivity index (χ2n) is 7.67. The van der Waals surface area contributed by atoms with Crippen LogP contribution in [0.3, 0.4) is 0 Å². The van der Waals surface area contributed by atoms with Crippen molar-refractivity contribution in [1.82, 2.24) is 16.1 Å². The summed E-state index contributed by atoms with van der Waals surface area (Å²) < 4.78 is 22.3. The Morgan fingerprint density at radius 1 is 1.11 bits per heavy atom. The van der Waals surface area contributed by atoms with Crippen molar-refractivity contribution < 1.29 is 33.3 Å². The fourth-order valence-corrected chi connectivity index (χ4v) is 3.94. The molecule has 2 aromatic carbocycles. The van der Waals surface area contributed by atoms with Crippen molar-refractivity contribution in [1.29, 1.82) is 0 Å². The molecule has 37 heavy (non-hydrogen) atoms. The highest BCUT2D eigenvalue weighted by molar-refractivity contribution is 9.10. The molecule has 11 nitrogen and oxygen atoms in total. The summed E-state index contributed by atoms with van der Waals surface area (Å²) in [7, 11) is 2.70. The summed E-state index contributed by atoms with van der Waals surface area (Å²) in [6.45, 7) is 3.65. The maximum absolute atomic E-state index is 12.3. The molecule has 0 spiro atoms. The normalized spacial score (nSPS) is 15.1. The Hall–Kier alpha value is -4.06. The first-order chi connectivity index (χ1) is 17.8. The molecule has 12 heteroatoms. The average Bonchev–Trinajstić information content (AvgIpc) is 2.88. The van der Waals surface area contributed by atoms with E-state index in [0.717, 1.165) is 4.47 Å². The van der Waals surface area contributed by atoms with Crippen LogP contribution >= 0.6 is 15.9 Å². The van der Waals surface area contributed by atoms with E-state index in [4.69, 9.17) is 18.9 Å². The third-order valence-corrected chi connectivity index (χ3v) is 5.71. The predicted octanol–water partition coefficient (Wildman–Crippen LogP) is 3.19.